The van der Waals surface area contributed by atoms with E-state index in [0.717, 1.165) is 56.5 Å². The number of amides is 1. The summed E-state index contributed by atoms with van der Waals surface area (Å²) in [5.41, 5.74) is 2.51. The molecule has 1 amide bonds. The molecule has 4 saturated heterocycles. The first-order chi connectivity index (χ1) is 17.5. The second-order valence-electron chi connectivity index (χ2n) is 11.6. The van der Waals surface area contributed by atoms with E-state index in [1.165, 1.54) is 42.9 Å². The van der Waals surface area contributed by atoms with Crippen molar-refractivity contribution < 1.29 is 22.7 Å². The number of carbonyl (C=O) groups is 1. The summed E-state index contributed by atoms with van der Waals surface area (Å²) < 4.78 is 43.0. The Morgan fingerprint density at radius 1 is 1.05 bits per heavy atom. The lowest BCUT2D eigenvalue weighted by molar-refractivity contribution is -0.202. The number of ether oxygens (including phenoxy) is 1. The molecule has 0 N–H and O–H groups in total. The van der Waals surface area contributed by atoms with Gasteiger partial charge in [-0.1, -0.05) is 18.5 Å². The van der Waals surface area contributed by atoms with Crippen LogP contribution < -0.4 is 4.90 Å². The number of benzene rings is 1. The van der Waals surface area contributed by atoms with Gasteiger partial charge in [-0.25, -0.2) is 4.79 Å². The van der Waals surface area contributed by atoms with Crippen molar-refractivity contribution in [2.75, 3.05) is 57.3 Å². The van der Waals surface area contributed by atoms with Gasteiger partial charge in [-0.05, 0) is 94.4 Å². The number of alkyl halides is 3. The van der Waals surface area contributed by atoms with Crippen molar-refractivity contribution in [1.82, 2.24) is 14.7 Å². The third kappa shape index (κ3) is 5.55. The van der Waals surface area contributed by atoms with Crippen molar-refractivity contribution >= 4 is 23.4 Å². The Morgan fingerprint density at radius 2 is 1.76 bits per heavy atom. The van der Waals surface area contributed by atoms with Crippen molar-refractivity contribution in [3.63, 3.8) is 0 Å². The first kappa shape index (κ1) is 26.9. The molecule has 1 atom stereocenters. The maximum Gasteiger partial charge on any atom is 0.425 e. The van der Waals surface area contributed by atoms with E-state index in [2.05, 4.69) is 38.5 Å². The third-order valence-electron chi connectivity index (χ3n) is 9.19. The first-order valence-electron chi connectivity index (χ1n) is 13.6. The molecule has 4 heterocycles. The minimum atomic E-state index is -4.55. The van der Waals surface area contributed by atoms with Crippen molar-refractivity contribution in [2.45, 2.75) is 70.3 Å². The number of carbonyl (C=O) groups excluding carboxylic acids is 1. The molecule has 1 unspecified atom stereocenters. The van der Waals surface area contributed by atoms with Gasteiger partial charge in [0.1, 0.15) is 0 Å². The van der Waals surface area contributed by atoms with Gasteiger partial charge in [-0.2, -0.15) is 13.2 Å². The maximum absolute atomic E-state index is 12.8. The zero-order valence-electron chi connectivity index (χ0n) is 21.8. The second-order valence-corrected chi connectivity index (χ2v) is 12.0. The van der Waals surface area contributed by atoms with E-state index in [1.54, 1.807) is 0 Å². The minimum Gasteiger partial charge on any atom is -0.437 e. The first-order valence-corrected chi connectivity index (χ1v) is 13.9. The number of hydrogen-bond acceptors (Lipinski definition) is 5. The molecule has 1 aromatic carbocycles. The quantitative estimate of drug-likeness (QED) is 0.499. The zero-order chi connectivity index (χ0) is 26.4. The summed E-state index contributed by atoms with van der Waals surface area (Å²) >= 11 is 6.58. The lowest BCUT2D eigenvalue weighted by Gasteiger charge is -2.52. The number of halogens is 4. The van der Waals surface area contributed by atoms with Gasteiger partial charge in [0.05, 0.1) is 5.54 Å². The Kier molecular flexibility index (Phi) is 7.35. The Bertz CT molecular complexity index is 992. The average molecular weight is 543 g/mol. The van der Waals surface area contributed by atoms with Crippen LogP contribution in [-0.4, -0.2) is 91.0 Å². The minimum absolute atomic E-state index is 0.200. The van der Waals surface area contributed by atoms with Gasteiger partial charge < -0.3 is 19.4 Å². The summed E-state index contributed by atoms with van der Waals surface area (Å²) in [7, 11) is 0. The van der Waals surface area contributed by atoms with E-state index in [1.807, 2.05) is 6.07 Å². The van der Waals surface area contributed by atoms with Crippen molar-refractivity contribution in [3.8, 4) is 0 Å². The van der Waals surface area contributed by atoms with Gasteiger partial charge in [-0.3, -0.25) is 4.90 Å². The summed E-state index contributed by atoms with van der Waals surface area (Å²) in [6.07, 6.45) is -1.90. The van der Waals surface area contributed by atoms with Crippen LogP contribution in [0.25, 0.3) is 0 Å². The largest absolute Gasteiger partial charge is 0.437 e. The van der Waals surface area contributed by atoms with Gasteiger partial charge in [0.2, 0.25) is 0 Å². The smallest absolute Gasteiger partial charge is 0.425 e. The molecule has 0 bridgehead atoms. The third-order valence-corrected chi connectivity index (χ3v) is 9.41. The molecule has 2 spiro atoms. The summed E-state index contributed by atoms with van der Waals surface area (Å²) in [6.45, 7) is 11.1. The Balaban J connectivity index is 1.21. The Hall–Kier alpha value is -1.71. The fourth-order valence-electron chi connectivity index (χ4n) is 6.72. The molecule has 4 fully saturated rings. The Morgan fingerprint density at radius 3 is 2.43 bits per heavy atom. The van der Waals surface area contributed by atoms with Crippen LogP contribution in [0.3, 0.4) is 0 Å². The Labute approximate surface area is 222 Å². The normalized spacial score (nSPS) is 24.6. The molecule has 0 saturated carbocycles. The van der Waals surface area contributed by atoms with Gasteiger partial charge >= 0.3 is 12.3 Å². The molecule has 1 aromatic rings. The average Bonchev–Trinajstić information content (AvgIpc) is 3.42. The highest BCUT2D eigenvalue weighted by molar-refractivity contribution is 6.30. The molecule has 0 radical (unpaired) electrons. The summed E-state index contributed by atoms with van der Waals surface area (Å²) in [5, 5.41) is 0.724. The monoisotopic (exact) mass is 542 g/mol. The van der Waals surface area contributed by atoms with Crippen molar-refractivity contribution in [3.05, 3.63) is 28.8 Å². The van der Waals surface area contributed by atoms with E-state index >= 15 is 0 Å². The fourth-order valence-corrected chi connectivity index (χ4v) is 6.97. The van der Waals surface area contributed by atoms with E-state index < -0.39 is 18.4 Å². The van der Waals surface area contributed by atoms with E-state index in [0.29, 0.717) is 25.0 Å². The summed E-state index contributed by atoms with van der Waals surface area (Å²) in [4.78, 5) is 21.0. The van der Waals surface area contributed by atoms with Gasteiger partial charge in [-0.15, -0.1) is 0 Å². The van der Waals surface area contributed by atoms with E-state index in [-0.39, 0.29) is 5.54 Å². The molecule has 5 rings (SSSR count). The number of anilines is 1. The maximum atomic E-state index is 12.8. The second kappa shape index (κ2) is 10.1. The lowest BCUT2D eigenvalue weighted by Crippen LogP contribution is -2.69. The van der Waals surface area contributed by atoms with Crippen LogP contribution in [0.5, 0.6) is 0 Å². The topological polar surface area (TPSA) is 39.3 Å². The van der Waals surface area contributed by atoms with Crippen LogP contribution in [0.2, 0.25) is 5.02 Å². The molecule has 4 aliphatic heterocycles. The summed E-state index contributed by atoms with van der Waals surface area (Å²) in [6, 6.07) is 6.32. The van der Waals surface area contributed by atoms with E-state index in [9.17, 15) is 18.0 Å². The highest BCUT2D eigenvalue weighted by Crippen LogP contribution is 2.43. The van der Waals surface area contributed by atoms with Crippen LogP contribution in [0.15, 0.2) is 18.2 Å². The predicted octanol–water partition coefficient (Wildman–Crippen LogP) is 5.39. The number of rotatable bonds is 5. The number of hydrogen-bond donors (Lipinski definition) is 0. The zero-order valence-corrected chi connectivity index (χ0v) is 22.6. The van der Waals surface area contributed by atoms with Crippen LogP contribution in [0, 0.1) is 5.41 Å². The fraction of sp³-hybridized carbons (Fsp3) is 0.741. The molecule has 0 aromatic heterocycles. The van der Waals surface area contributed by atoms with E-state index in [4.69, 9.17) is 11.6 Å². The highest BCUT2D eigenvalue weighted by atomic mass is 35.5. The molecule has 0 aliphatic carbocycles. The van der Waals surface area contributed by atoms with Gasteiger partial charge in [0.25, 0.3) is 0 Å². The molecule has 6 nitrogen and oxygen atoms in total. The molecule has 10 heteroatoms. The number of piperidine rings is 1. The van der Waals surface area contributed by atoms with Gasteiger partial charge in [0.15, 0.2) is 6.10 Å². The molecule has 37 heavy (non-hydrogen) atoms. The molecule has 4 aliphatic rings. The SMILES string of the molecule is CCN1CCC2(CC1)CCN(c1cc(Cl)cc(CN3CCCC34CN(C(=O)OC(C)C(F)(F)F)C4)c1)C2. The number of nitrogens with zero attached hydrogens (tertiary/aromatic N) is 4. The molecular formula is C27H38ClF3N4O2. The molecular weight excluding hydrogens is 505 g/mol. The van der Waals surface area contributed by atoms with Crippen LogP contribution in [-0.2, 0) is 11.3 Å². The van der Waals surface area contributed by atoms with Crippen molar-refractivity contribution in [1.29, 1.82) is 0 Å². The highest BCUT2D eigenvalue weighted by Gasteiger charge is 2.53. The standard InChI is InChI=1S/C27H38ClF3N4O2/c1-3-32-10-6-25(7-11-32)8-12-33(17-25)23-14-21(13-22(28)15-23)16-35-9-4-5-26(35)18-34(19-26)24(36)37-20(2)27(29,30)31/h13-15,20H,3-12,16-19H2,1-2H3. The predicted molar refractivity (Wildman–Crippen MR) is 138 cm³/mol. The lowest BCUT2D eigenvalue weighted by atomic mass is 9.78. The van der Waals surface area contributed by atoms with Crippen LogP contribution >= 0.6 is 11.6 Å². The number of likely N-dealkylation sites (tertiary alicyclic amines) is 3. The summed E-state index contributed by atoms with van der Waals surface area (Å²) in [5.74, 6) is 0. The van der Waals surface area contributed by atoms with Crippen LogP contribution in [0.4, 0.5) is 23.7 Å². The molecule has 206 valence electrons. The van der Waals surface area contributed by atoms with Crippen molar-refractivity contribution in [2.24, 2.45) is 5.41 Å². The van der Waals surface area contributed by atoms with Crippen LogP contribution in [0.1, 0.15) is 51.5 Å². The van der Waals surface area contributed by atoms with Gasteiger partial charge in [0, 0.05) is 43.4 Å².